The zero-order valence-corrected chi connectivity index (χ0v) is 15.2. The number of nitrogens with one attached hydrogen (secondary N) is 3. The number of thiocarbonyl (C=S) groups is 1. The Balaban J connectivity index is 1.43. The summed E-state index contributed by atoms with van der Waals surface area (Å²) in [5.74, 6) is -0.169. The van der Waals surface area contributed by atoms with Crippen LogP contribution in [0.1, 0.15) is 9.67 Å². The van der Waals surface area contributed by atoms with Crippen LogP contribution in [0.15, 0.2) is 60.0 Å². The molecule has 3 N–H and O–H groups in total. The first kappa shape index (κ1) is 17.8. The van der Waals surface area contributed by atoms with Gasteiger partial charge in [0.25, 0.3) is 11.8 Å². The first-order valence-corrected chi connectivity index (χ1v) is 8.96. The van der Waals surface area contributed by atoms with Crippen molar-refractivity contribution < 1.29 is 14.3 Å². The summed E-state index contributed by atoms with van der Waals surface area (Å²) < 4.78 is 5.47. The van der Waals surface area contributed by atoms with E-state index in [1.165, 1.54) is 11.3 Å². The van der Waals surface area contributed by atoms with Gasteiger partial charge in [0.15, 0.2) is 11.7 Å². The Morgan fingerprint density at radius 2 is 1.81 bits per heavy atom. The van der Waals surface area contributed by atoms with Gasteiger partial charge in [-0.2, -0.15) is 0 Å². The van der Waals surface area contributed by atoms with Gasteiger partial charge < -0.3 is 4.74 Å². The summed E-state index contributed by atoms with van der Waals surface area (Å²) in [7, 11) is 0. The van der Waals surface area contributed by atoms with E-state index in [-0.39, 0.29) is 17.6 Å². The topological polar surface area (TPSA) is 79.5 Å². The lowest BCUT2D eigenvalue weighted by Crippen LogP contribution is -2.49. The zero-order valence-electron chi connectivity index (χ0n) is 13.5. The summed E-state index contributed by atoms with van der Waals surface area (Å²) >= 11 is 6.26. The minimum atomic E-state index is -0.425. The molecule has 0 atom stereocenters. The van der Waals surface area contributed by atoms with Crippen LogP contribution in [0.3, 0.4) is 0 Å². The zero-order chi connectivity index (χ0) is 18.4. The van der Waals surface area contributed by atoms with Crippen molar-refractivity contribution in [3.8, 4) is 5.75 Å². The minimum absolute atomic E-state index is 0.00227. The molecule has 0 radical (unpaired) electrons. The molecule has 1 heterocycles. The van der Waals surface area contributed by atoms with Crippen LogP contribution in [0, 0.1) is 0 Å². The van der Waals surface area contributed by atoms with E-state index in [2.05, 4.69) is 16.2 Å². The quantitative estimate of drug-likeness (QED) is 0.475. The first-order chi connectivity index (χ1) is 12.6. The SMILES string of the molecule is O=C(COc1ccc2ccccc2c1)NNC(=S)NC(=O)c1cccs1. The standard InChI is InChI=1S/C18H15N3O3S2/c22-16(20-21-18(25)19-17(23)15-6-3-9-26-15)11-24-14-8-7-12-4-1-2-5-13(12)10-14/h1-10H,11H2,(H,20,22)(H2,19,21,23,25). The van der Waals surface area contributed by atoms with E-state index in [4.69, 9.17) is 17.0 Å². The van der Waals surface area contributed by atoms with Gasteiger partial charge in [0.05, 0.1) is 4.88 Å². The van der Waals surface area contributed by atoms with E-state index >= 15 is 0 Å². The fraction of sp³-hybridized carbons (Fsp3) is 0.0556. The summed E-state index contributed by atoms with van der Waals surface area (Å²) in [5, 5.41) is 6.38. The van der Waals surface area contributed by atoms with Gasteiger partial charge in [0.1, 0.15) is 5.75 Å². The second kappa shape index (κ2) is 8.41. The van der Waals surface area contributed by atoms with Crippen molar-refractivity contribution in [3.05, 3.63) is 64.9 Å². The third-order valence-electron chi connectivity index (χ3n) is 3.38. The molecule has 2 amide bonds. The lowest BCUT2D eigenvalue weighted by molar-refractivity contribution is -0.123. The van der Waals surface area contributed by atoms with E-state index in [0.29, 0.717) is 10.6 Å². The van der Waals surface area contributed by atoms with Crippen molar-refractivity contribution in [3.63, 3.8) is 0 Å². The second-order valence-corrected chi connectivity index (χ2v) is 6.59. The predicted molar refractivity (Wildman–Crippen MR) is 105 cm³/mol. The summed E-state index contributed by atoms with van der Waals surface area (Å²) in [6, 6.07) is 16.9. The van der Waals surface area contributed by atoms with Crippen LogP contribution in [0.4, 0.5) is 0 Å². The molecule has 3 aromatic rings. The Morgan fingerprint density at radius 1 is 1.00 bits per heavy atom. The lowest BCUT2D eigenvalue weighted by atomic mass is 10.1. The molecule has 0 aliphatic rings. The molecule has 132 valence electrons. The highest BCUT2D eigenvalue weighted by Crippen LogP contribution is 2.20. The molecule has 0 saturated heterocycles. The number of hydrogen-bond acceptors (Lipinski definition) is 5. The fourth-order valence-electron chi connectivity index (χ4n) is 2.17. The third kappa shape index (κ3) is 4.78. The second-order valence-electron chi connectivity index (χ2n) is 5.23. The molecule has 0 aliphatic heterocycles. The maximum absolute atomic E-state index is 11.8. The van der Waals surface area contributed by atoms with Gasteiger partial charge in [-0.05, 0) is 46.6 Å². The van der Waals surface area contributed by atoms with Crippen LogP contribution >= 0.6 is 23.6 Å². The number of benzene rings is 2. The average molecular weight is 385 g/mol. The Hall–Kier alpha value is -2.97. The summed E-state index contributed by atoms with van der Waals surface area (Å²) in [4.78, 5) is 24.2. The Morgan fingerprint density at radius 3 is 2.58 bits per heavy atom. The van der Waals surface area contributed by atoms with Crippen molar-refractivity contribution >= 4 is 51.3 Å². The Labute approximate surface area is 159 Å². The van der Waals surface area contributed by atoms with E-state index < -0.39 is 5.91 Å². The molecule has 8 heteroatoms. The largest absolute Gasteiger partial charge is 0.484 e. The summed E-state index contributed by atoms with van der Waals surface area (Å²) in [5.41, 5.74) is 4.84. The molecule has 1 aromatic heterocycles. The molecule has 26 heavy (non-hydrogen) atoms. The number of rotatable bonds is 4. The molecule has 2 aromatic carbocycles. The highest BCUT2D eigenvalue weighted by atomic mass is 32.1. The van der Waals surface area contributed by atoms with Crippen LogP contribution in [-0.4, -0.2) is 23.5 Å². The highest BCUT2D eigenvalue weighted by molar-refractivity contribution is 7.80. The van der Waals surface area contributed by atoms with Gasteiger partial charge in [0.2, 0.25) is 0 Å². The van der Waals surface area contributed by atoms with E-state index in [9.17, 15) is 9.59 Å². The first-order valence-electron chi connectivity index (χ1n) is 7.67. The molecular weight excluding hydrogens is 370 g/mol. The van der Waals surface area contributed by atoms with Crippen LogP contribution < -0.4 is 20.9 Å². The highest BCUT2D eigenvalue weighted by Gasteiger charge is 2.09. The lowest BCUT2D eigenvalue weighted by Gasteiger charge is -2.11. The molecule has 0 fully saturated rings. The maximum atomic E-state index is 11.8. The Kier molecular flexibility index (Phi) is 5.77. The number of carbonyl (C=O) groups is 2. The van der Waals surface area contributed by atoms with Crippen molar-refractivity contribution in [2.24, 2.45) is 0 Å². The molecule has 3 rings (SSSR count). The predicted octanol–water partition coefficient (Wildman–Crippen LogP) is 2.62. The Bertz CT molecular complexity index is 942. The molecular formula is C18H15N3O3S2. The van der Waals surface area contributed by atoms with Crippen molar-refractivity contribution in [2.75, 3.05) is 6.61 Å². The molecule has 0 aliphatic carbocycles. The smallest absolute Gasteiger partial charge is 0.276 e. The van der Waals surface area contributed by atoms with Crippen LogP contribution in [-0.2, 0) is 4.79 Å². The van der Waals surface area contributed by atoms with Crippen molar-refractivity contribution in [2.45, 2.75) is 0 Å². The summed E-state index contributed by atoms with van der Waals surface area (Å²) in [6.45, 7) is -0.188. The van der Waals surface area contributed by atoms with Crippen LogP contribution in [0.25, 0.3) is 10.8 Å². The van der Waals surface area contributed by atoms with E-state index in [0.717, 1.165) is 10.8 Å². The van der Waals surface area contributed by atoms with Gasteiger partial charge in [0, 0.05) is 0 Å². The van der Waals surface area contributed by atoms with E-state index in [1.54, 1.807) is 23.6 Å². The van der Waals surface area contributed by atoms with Gasteiger partial charge in [-0.15, -0.1) is 11.3 Å². The fourth-order valence-corrected chi connectivity index (χ4v) is 2.94. The third-order valence-corrected chi connectivity index (χ3v) is 4.45. The average Bonchev–Trinajstić information content (AvgIpc) is 3.19. The summed E-state index contributed by atoms with van der Waals surface area (Å²) in [6.07, 6.45) is 0. The molecule has 0 bridgehead atoms. The van der Waals surface area contributed by atoms with Gasteiger partial charge in [-0.1, -0.05) is 36.4 Å². The molecule has 0 saturated carbocycles. The molecule has 0 unspecified atom stereocenters. The van der Waals surface area contributed by atoms with Gasteiger partial charge in [-0.25, -0.2) is 0 Å². The maximum Gasteiger partial charge on any atom is 0.276 e. The van der Waals surface area contributed by atoms with Crippen LogP contribution in [0.5, 0.6) is 5.75 Å². The number of hydrazine groups is 1. The van der Waals surface area contributed by atoms with Crippen LogP contribution in [0.2, 0.25) is 0 Å². The normalized spacial score (nSPS) is 10.2. The molecule has 0 spiro atoms. The van der Waals surface area contributed by atoms with Gasteiger partial charge in [-0.3, -0.25) is 25.8 Å². The van der Waals surface area contributed by atoms with Crippen molar-refractivity contribution in [1.82, 2.24) is 16.2 Å². The number of fused-ring (bicyclic) bond motifs is 1. The molecule has 6 nitrogen and oxygen atoms in total. The minimum Gasteiger partial charge on any atom is -0.484 e. The number of carbonyl (C=O) groups excluding carboxylic acids is 2. The van der Waals surface area contributed by atoms with Gasteiger partial charge >= 0.3 is 0 Å². The number of amides is 2. The van der Waals surface area contributed by atoms with E-state index in [1.807, 2.05) is 36.4 Å². The number of ether oxygens (including phenoxy) is 1. The number of hydrogen-bond donors (Lipinski definition) is 3. The van der Waals surface area contributed by atoms with Crippen molar-refractivity contribution in [1.29, 1.82) is 0 Å². The monoisotopic (exact) mass is 385 g/mol. The number of thiophene rings is 1.